The number of alkyl halides is 3. The van der Waals surface area contributed by atoms with Gasteiger partial charge in [-0.05, 0) is 25.1 Å². The smallest absolute Gasteiger partial charge is 0.344 e. The van der Waals surface area contributed by atoms with Crippen molar-refractivity contribution in [2.75, 3.05) is 5.32 Å². The van der Waals surface area contributed by atoms with Crippen LogP contribution in [-0.2, 0) is 17.1 Å². The Bertz CT molecular complexity index is 1020. The highest BCUT2D eigenvalue weighted by atomic mass is 35.5. The van der Waals surface area contributed by atoms with Crippen LogP contribution in [0.15, 0.2) is 29.3 Å². The van der Waals surface area contributed by atoms with Crippen molar-refractivity contribution in [1.82, 2.24) is 9.29 Å². The second-order valence-electron chi connectivity index (χ2n) is 5.73. The van der Waals surface area contributed by atoms with E-state index in [0.717, 1.165) is 22.9 Å². The molecule has 0 bridgehead atoms. The number of amides is 1. The molecule has 0 radical (unpaired) electrons. The number of anilines is 1. The molecule has 1 aromatic heterocycles. The molecule has 1 aromatic carbocycles. The van der Waals surface area contributed by atoms with E-state index in [1.165, 1.54) is 17.8 Å². The maximum atomic E-state index is 13.2. The minimum Gasteiger partial charge on any atom is -0.344 e. The number of hydrogen-bond acceptors (Lipinski definition) is 3. The Hall–Kier alpha value is -1.82. The molecule has 1 atom stereocenters. The van der Waals surface area contributed by atoms with Gasteiger partial charge < -0.3 is 9.88 Å². The van der Waals surface area contributed by atoms with E-state index in [2.05, 4.69) is 5.32 Å². The molecule has 0 aliphatic heterocycles. The minimum absolute atomic E-state index is 0.0990. The second kappa shape index (κ2) is 7.90. The maximum Gasteiger partial charge on any atom is 0.404 e. The van der Waals surface area contributed by atoms with Crippen LogP contribution in [0.25, 0.3) is 0 Å². The zero-order valence-electron chi connectivity index (χ0n) is 14.2. The number of rotatable bonds is 5. The molecule has 2 aromatic rings. The van der Waals surface area contributed by atoms with E-state index in [1.807, 2.05) is 0 Å². The lowest BCUT2D eigenvalue weighted by molar-refractivity contribution is -0.147. The second-order valence-corrected chi connectivity index (χ2v) is 8.20. The summed E-state index contributed by atoms with van der Waals surface area (Å²) in [5.41, 5.74) is -0.232. The van der Waals surface area contributed by atoms with Crippen LogP contribution in [0.5, 0.6) is 0 Å². The van der Waals surface area contributed by atoms with Crippen molar-refractivity contribution in [3.05, 3.63) is 46.0 Å². The summed E-state index contributed by atoms with van der Waals surface area (Å²) in [4.78, 5) is 11.7. The first kappa shape index (κ1) is 22.5. The summed E-state index contributed by atoms with van der Waals surface area (Å²) in [6.45, 7) is 0.625. The van der Waals surface area contributed by atoms with Gasteiger partial charge in [-0.2, -0.15) is 17.9 Å². The van der Waals surface area contributed by atoms with Crippen molar-refractivity contribution in [1.29, 1.82) is 0 Å². The highest BCUT2D eigenvalue weighted by Gasteiger charge is 2.40. The lowest BCUT2D eigenvalue weighted by Crippen LogP contribution is -2.42. The number of carbonyl (C=O) groups is 1. The van der Waals surface area contributed by atoms with Gasteiger partial charge in [0.2, 0.25) is 10.0 Å². The van der Waals surface area contributed by atoms with Crippen LogP contribution in [0, 0.1) is 5.82 Å². The predicted molar refractivity (Wildman–Crippen MR) is 95.6 cm³/mol. The molecular weight excluding hydrogens is 449 g/mol. The number of nitrogens with zero attached hydrogens (tertiary/aromatic N) is 1. The molecule has 1 amide bonds. The summed E-state index contributed by atoms with van der Waals surface area (Å²) < 4.78 is 78.1. The number of benzene rings is 1. The van der Waals surface area contributed by atoms with Gasteiger partial charge in [0, 0.05) is 18.9 Å². The third kappa shape index (κ3) is 4.77. The molecular formula is C15H13Cl2F4N3O3S. The van der Waals surface area contributed by atoms with Crippen molar-refractivity contribution < 1.29 is 30.8 Å². The van der Waals surface area contributed by atoms with Crippen molar-refractivity contribution >= 4 is 44.8 Å². The molecule has 1 heterocycles. The molecule has 28 heavy (non-hydrogen) atoms. The van der Waals surface area contributed by atoms with Gasteiger partial charge >= 0.3 is 6.18 Å². The van der Waals surface area contributed by atoms with Gasteiger partial charge in [-0.15, -0.1) is 0 Å². The average molecular weight is 462 g/mol. The fraction of sp³-hybridized carbons (Fsp3) is 0.267. The van der Waals surface area contributed by atoms with E-state index in [4.69, 9.17) is 23.2 Å². The lowest BCUT2D eigenvalue weighted by Gasteiger charge is -2.16. The Balaban J connectivity index is 2.34. The van der Waals surface area contributed by atoms with Crippen LogP contribution in [0.2, 0.25) is 10.0 Å². The number of aryl methyl sites for hydroxylation is 1. The zero-order chi connectivity index (χ0) is 21.4. The summed E-state index contributed by atoms with van der Waals surface area (Å²) >= 11 is 11.6. The van der Waals surface area contributed by atoms with Crippen LogP contribution in [-0.4, -0.2) is 31.1 Å². The molecule has 0 saturated heterocycles. The molecule has 1 unspecified atom stereocenters. The Morgan fingerprint density at radius 1 is 1.25 bits per heavy atom. The maximum absolute atomic E-state index is 13.2. The summed E-state index contributed by atoms with van der Waals surface area (Å²) in [6, 6.07) is 0.964. The number of hydrogen-bond donors (Lipinski definition) is 2. The molecule has 13 heteroatoms. The highest BCUT2D eigenvalue weighted by Crippen LogP contribution is 2.30. The molecule has 0 aliphatic carbocycles. The Morgan fingerprint density at radius 2 is 1.86 bits per heavy atom. The van der Waals surface area contributed by atoms with E-state index in [-0.39, 0.29) is 16.4 Å². The van der Waals surface area contributed by atoms with Crippen LogP contribution in [0.3, 0.4) is 0 Å². The molecule has 0 saturated carbocycles. The van der Waals surface area contributed by atoms with Gasteiger partial charge in [-0.3, -0.25) is 4.79 Å². The number of aromatic nitrogens is 1. The molecule has 0 fully saturated rings. The quantitative estimate of drug-likeness (QED) is 0.661. The van der Waals surface area contributed by atoms with Crippen molar-refractivity contribution in [3.8, 4) is 0 Å². The third-order valence-electron chi connectivity index (χ3n) is 3.59. The molecule has 0 aliphatic rings. The normalized spacial score (nSPS) is 13.4. The molecule has 0 spiro atoms. The van der Waals surface area contributed by atoms with Gasteiger partial charge in [-0.1, -0.05) is 23.2 Å². The number of sulfonamides is 1. The number of nitrogens with one attached hydrogen (secondary N) is 2. The lowest BCUT2D eigenvalue weighted by atomic mass is 10.3. The third-order valence-corrected chi connectivity index (χ3v) is 5.93. The first-order valence-corrected chi connectivity index (χ1v) is 9.68. The van der Waals surface area contributed by atoms with E-state index in [1.54, 1.807) is 0 Å². The predicted octanol–water partition coefficient (Wildman–Crippen LogP) is 3.95. The monoisotopic (exact) mass is 461 g/mol. The van der Waals surface area contributed by atoms with Gasteiger partial charge in [0.1, 0.15) is 22.4 Å². The summed E-state index contributed by atoms with van der Waals surface area (Å²) in [5, 5.41) is 1.51. The minimum atomic E-state index is -4.81. The van der Waals surface area contributed by atoms with Crippen molar-refractivity contribution in [3.63, 3.8) is 0 Å². The van der Waals surface area contributed by atoms with Gasteiger partial charge in [0.15, 0.2) is 0 Å². The molecule has 154 valence electrons. The van der Waals surface area contributed by atoms with Crippen LogP contribution in [0.4, 0.5) is 23.2 Å². The Labute approximate surface area is 167 Å². The summed E-state index contributed by atoms with van der Waals surface area (Å²) in [7, 11) is -3.38. The fourth-order valence-electron chi connectivity index (χ4n) is 2.14. The standard InChI is InChI=1S/C15H13Cl2F4N3O3S/c1-7(15(19,20)21)23-28(26,27)11-6-24(2)13(12(11)17)14(25)22-8-3-4-10(18)9(16)5-8/h3-7,23H,1-2H3,(H,22,25). The SMILES string of the molecule is CC(NS(=O)(=O)c1cn(C)c(C(=O)Nc2ccc(F)c(Cl)c2)c1Cl)C(F)(F)F. The number of carbonyl (C=O) groups excluding carboxylic acids is 1. The zero-order valence-corrected chi connectivity index (χ0v) is 16.6. The molecule has 6 nitrogen and oxygen atoms in total. The Kier molecular flexibility index (Phi) is 6.34. The number of halogens is 6. The van der Waals surface area contributed by atoms with Gasteiger partial charge in [0.05, 0.1) is 10.0 Å². The average Bonchev–Trinajstić information content (AvgIpc) is 2.85. The van der Waals surface area contributed by atoms with E-state index in [9.17, 15) is 30.8 Å². The van der Waals surface area contributed by atoms with Crippen molar-refractivity contribution in [2.24, 2.45) is 7.05 Å². The fourth-order valence-corrected chi connectivity index (χ4v) is 4.25. The van der Waals surface area contributed by atoms with E-state index >= 15 is 0 Å². The topological polar surface area (TPSA) is 80.2 Å². The van der Waals surface area contributed by atoms with Crippen LogP contribution >= 0.6 is 23.2 Å². The summed E-state index contributed by atoms with van der Waals surface area (Å²) in [6.07, 6.45) is -3.91. The summed E-state index contributed by atoms with van der Waals surface area (Å²) in [5.74, 6) is -1.59. The first-order chi connectivity index (χ1) is 12.7. The first-order valence-electron chi connectivity index (χ1n) is 7.44. The van der Waals surface area contributed by atoms with Crippen LogP contribution < -0.4 is 10.0 Å². The van der Waals surface area contributed by atoms with E-state index < -0.39 is 43.9 Å². The largest absolute Gasteiger partial charge is 0.404 e. The van der Waals surface area contributed by atoms with Crippen molar-refractivity contribution in [2.45, 2.75) is 24.0 Å². The van der Waals surface area contributed by atoms with E-state index in [0.29, 0.717) is 6.92 Å². The van der Waals surface area contributed by atoms with Crippen LogP contribution in [0.1, 0.15) is 17.4 Å². The molecule has 2 rings (SSSR count). The Morgan fingerprint density at radius 3 is 2.39 bits per heavy atom. The van der Waals surface area contributed by atoms with Gasteiger partial charge in [0.25, 0.3) is 5.91 Å². The highest BCUT2D eigenvalue weighted by molar-refractivity contribution is 7.89. The van der Waals surface area contributed by atoms with Gasteiger partial charge in [-0.25, -0.2) is 12.8 Å². The molecule has 2 N–H and O–H groups in total.